The summed E-state index contributed by atoms with van der Waals surface area (Å²) in [4.78, 5) is 11.1. The second kappa shape index (κ2) is 5.18. The summed E-state index contributed by atoms with van der Waals surface area (Å²) in [6.45, 7) is 3.67. The third-order valence-corrected chi connectivity index (χ3v) is 5.21. The number of aryl methyl sites for hydroxylation is 2. The first-order chi connectivity index (χ1) is 9.22. The van der Waals surface area contributed by atoms with E-state index in [0.717, 1.165) is 17.5 Å². The molecule has 6 heteroatoms. The zero-order valence-electron chi connectivity index (χ0n) is 11.6. The monoisotopic (exact) mass is 297 g/mol. The van der Waals surface area contributed by atoms with Gasteiger partial charge in [-0.3, -0.25) is 4.79 Å². The second-order valence-corrected chi connectivity index (χ2v) is 7.32. The highest BCUT2D eigenvalue weighted by Gasteiger charge is 2.42. The minimum atomic E-state index is -3.68. The van der Waals surface area contributed by atoms with Crippen LogP contribution in [0.3, 0.4) is 0 Å². The molecule has 0 unspecified atom stereocenters. The lowest BCUT2D eigenvalue weighted by molar-refractivity contribution is -0.139. The Morgan fingerprint density at radius 1 is 1.25 bits per heavy atom. The van der Waals surface area contributed by atoms with E-state index in [1.54, 1.807) is 12.1 Å². The van der Waals surface area contributed by atoms with Crippen molar-refractivity contribution < 1.29 is 18.3 Å². The molecule has 0 atom stereocenters. The van der Waals surface area contributed by atoms with E-state index in [1.807, 2.05) is 19.9 Å². The summed E-state index contributed by atoms with van der Waals surface area (Å²) >= 11 is 0. The first-order valence-corrected chi connectivity index (χ1v) is 8.05. The third kappa shape index (κ3) is 3.19. The van der Waals surface area contributed by atoms with Crippen LogP contribution in [0.4, 0.5) is 0 Å². The maximum absolute atomic E-state index is 12.4. The molecule has 2 rings (SSSR count). The Morgan fingerprint density at radius 2 is 1.80 bits per heavy atom. The van der Waals surface area contributed by atoms with Crippen LogP contribution in [0.5, 0.6) is 0 Å². The minimum absolute atomic E-state index is 0.170. The summed E-state index contributed by atoms with van der Waals surface area (Å²) in [5.74, 6) is -0.979. The van der Waals surface area contributed by atoms with E-state index in [1.165, 1.54) is 0 Å². The molecule has 110 valence electrons. The number of hydrogen-bond donors (Lipinski definition) is 2. The molecule has 0 aromatic heterocycles. The largest absolute Gasteiger partial charge is 0.481 e. The second-order valence-electron chi connectivity index (χ2n) is 5.63. The van der Waals surface area contributed by atoms with Crippen molar-refractivity contribution in [2.45, 2.75) is 50.0 Å². The SMILES string of the molecule is Cc1cc(C)cc(S(=O)(=O)NC2(CC(=O)O)CCC2)c1. The predicted molar refractivity (Wildman–Crippen MR) is 75.1 cm³/mol. The number of nitrogens with one attached hydrogen (secondary N) is 1. The van der Waals surface area contributed by atoms with Crippen molar-refractivity contribution in [2.75, 3.05) is 0 Å². The van der Waals surface area contributed by atoms with Crippen molar-refractivity contribution in [3.05, 3.63) is 29.3 Å². The fourth-order valence-corrected chi connectivity index (χ4v) is 4.29. The van der Waals surface area contributed by atoms with E-state index in [2.05, 4.69) is 4.72 Å². The van der Waals surface area contributed by atoms with Crippen molar-refractivity contribution >= 4 is 16.0 Å². The van der Waals surface area contributed by atoms with Gasteiger partial charge in [0.15, 0.2) is 0 Å². The molecule has 0 spiro atoms. The van der Waals surface area contributed by atoms with Gasteiger partial charge in [-0.2, -0.15) is 0 Å². The number of carboxylic acid groups (broad SMARTS) is 1. The van der Waals surface area contributed by atoms with Crippen LogP contribution in [-0.4, -0.2) is 25.0 Å². The number of benzene rings is 1. The van der Waals surface area contributed by atoms with Crippen molar-refractivity contribution in [1.29, 1.82) is 0 Å². The molecule has 5 nitrogen and oxygen atoms in total. The Bertz CT molecular complexity index is 612. The van der Waals surface area contributed by atoms with Crippen LogP contribution in [0.1, 0.15) is 36.8 Å². The summed E-state index contributed by atoms with van der Waals surface area (Å²) < 4.78 is 27.4. The highest BCUT2D eigenvalue weighted by atomic mass is 32.2. The van der Waals surface area contributed by atoms with Crippen LogP contribution < -0.4 is 4.72 Å². The molecule has 1 aromatic carbocycles. The van der Waals surface area contributed by atoms with Gasteiger partial charge >= 0.3 is 5.97 Å². The van der Waals surface area contributed by atoms with Crippen LogP contribution in [-0.2, 0) is 14.8 Å². The van der Waals surface area contributed by atoms with Crippen LogP contribution >= 0.6 is 0 Å². The Morgan fingerprint density at radius 3 is 2.20 bits per heavy atom. The molecule has 1 aliphatic rings. The number of sulfonamides is 1. The third-order valence-electron chi connectivity index (χ3n) is 3.66. The van der Waals surface area contributed by atoms with E-state index in [9.17, 15) is 13.2 Å². The van der Waals surface area contributed by atoms with E-state index >= 15 is 0 Å². The van der Waals surface area contributed by atoms with Crippen LogP contribution in [0.2, 0.25) is 0 Å². The maximum atomic E-state index is 12.4. The highest BCUT2D eigenvalue weighted by Crippen LogP contribution is 2.36. The summed E-state index contributed by atoms with van der Waals surface area (Å²) in [6, 6.07) is 5.10. The van der Waals surface area contributed by atoms with Gasteiger partial charge in [-0.1, -0.05) is 6.07 Å². The lowest BCUT2D eigenvalue weighted by Crippen LogP contribution is -2.54. The predicted octanol–water partition coefficient (Wildman–Crippen LogP) is 1.98. The molecular weight excluding hydrogens is 278 g/mol. The Balaban J connectivity index is 2.28. The fraction of sp³-hybridized carbons (Fsp3) is 0.500. The number of rotatable bonds is 5. The van der Waals surface area contributed by atoms with Gasteiger partial charge in [0.1, 0.15) is 0 Å². The molecule has 0 heterocycles. The summed E-state index contributed by atoms with van der Waals surface area (Å²) in [6.07, 6.45) is 1.83. The van der Waals surface area contributed by atoms with E-state index in [4.69, 9.17) is 5.11 Å². The van der Waals surface area contributed by atoms with E-state index in [0.29, 0.717) is 12.8 Å². The molecule has 1 fully saturated rings. The van der Waals surface area contributed by atoms with Gasteiger partial charge in [-0.25, -0.2) is 13.1 Å². The van der Waals surface area contributed by atoms with E-state index < -0.39 is 21.5 Å². The quantitative estimate of drug-likeness (QED) is 0.870. The van der Waals surface area contributed by atoms with Crippen LogP contribution in [0.25, 0.3) is 0 Å². The molecule has 0 radical (unpaired) electrons. The summed E-state index contributed by atoms with van der Waals surface area (Å²) in [5, 5.41) is 8.93. The van der Waals surface area contributed by atoms with Crippen molar-refractivity contribution in [1.82, 2.24) is 4.72 Å². The normalized spacial score (nSPS) is 17.5. The molecular formula is C14H19NO4S. The molecule has 2 N–H and O–H groups in total. The number of hydrogen-bond acceptors (Lipinski definition) is 3. The standard InChI is InChI=1S/C14H19NO4S/c1-10-6-11(2)8-12(7-10)20(18,19)15-14(4-3-5-14)9-13(16)17/h6-8,15H,3-5,9H2,1-2H3,(H,16,17). The van der Waals surface area contributed by atoms with Crippen molar-refractivity contribution in [2.24, 2.45) is 0 Å². The number of aliphatic carboxylic acids is 1. The number of carbonyl (C=O) groups is 1. The lowest BCUT2D eigenvalue weighted by Gasteiger charge is -2.41. The molecule has 0 aliphatic heterocycles. The molecule has 0 saturated heterocycles. The smallest absolute Gasteiger partial charge is 0.305 e. The molecule has 0 bridgehead atoms. The van der Waals surface area contributed by atoms with Gasteiger partial charge in [-0.15, -0.1) is 0 Å². The molecule has 1 aliphatic carbocycles. The maximum Gasteiger partial charge on any atom is 0.305 e. The average Bonchev–Trinajstić information content (AvgIpc) is 2.23. The van der Waals surface area contributed by atoms with Gasteiger partial charge in [0, 0.05) is 5.54 Å². The topological polar surface area (TPSA) is 83.5 Å². The van der Waals surface area contributed by atoms with Crippen LogP contribution in [0, 0.1) is 13.8 Å². The number of carboxylic acids is 1. The van der Waals surface area contributed by atoms with Gasteiger partial charge in [0.2, 0.25) is 10.0 Å². The molecule has 20 heavy (non-hydrogen) atoms. The van der Waals surface area contributed by atoms with Crippen molar-refractivity contribution in [3.63, 3.8) is 0 Å². The van der Waals surface area contributed by atoms with Gasteiger partial charge in [0.05, 0.1) is 11.3 Å². The molecule has 1 saturated carbocycles. The van der Waals surface area contributed by atoms with Crippen molar-refractivity contribution in [3.8, 4) is 0 Å². The zero-order valence-corrected chi connectivity index (χ0v) is 12.5. The minimum Gasteiger partial charge on any atom is -0.481 e. The highest BCUT2D eigenvalue weighted by molar-refractivity contribution is 7.89. The zero-order chi connectivity index (χ0) is 15.0. The fourth-order valence-electron chi connectivity index (χ4n) is 2.64. The lowest BCUT2D eigenvalue weighted by atomic mass is 9.75. The average molecular weight is 297 g/mol. The molecule has 1 aromatic rings. The van der Waals surface area contributed by atoms with E-state index in [-0.39, 0.29) is 11.3 Å². The first kappa shape index (κ1) is 15.0. The summed E-state index contributed by atoms with van der Waals surface area (Å²) in [7, 11) is -3.68. The van der Waals surface area contributed by atoms with Gasteiger partial charge in [0.25, 0.3) is 0 Å². The Hall–Kier alpha value is -1.40. The van der Waals surface area contributed by atoms with Gasteiger partial charge in [-0.05, 0) is 56.4 Å². The summed E-state index contributed by atoms with van der Waals surface area (Å²) in [5.41, 5.74) is 0.917. The van der Waals surface area contributed by atoms with Crippen LogP contribution in [0.15, 0.2) is 23.1 Å². The Labute approximate surface area is 119 Å². The first-order valence-electron chi connectivity index (χ1n) is 6.57. The van der Waals surface area contributed by atoms with Gasteiger partial charge < -0.3 is 5.11 Å². The molecule has 0 amide bonds. The Kier molecular flexibility index (Phi) is 3.88.